The van der Waals surface area contributed by atoms with Crippen molar-refractivity contribution in [3.05, 3.63) is 54.4 Å². The zero-order chi connectivity index (χ0) is 21.5. The highest BCUT2D eigenvalue weighted by Gasteiger charge is 2.50. The number of hydrogen-bond donors (Lipinski definition) is 2. The minimum Gasteiger partial charge on any atom is -0.379 e. The van der Waals surface area contributed by atoms with Gasteiger partial charge in [-0.1, -0.05) is 64.4 Å². The number of rotatable bonds is 6. The zero-order valence-corrected chi connectivity index (χ0v) is 18.4. The lowest BCUT2D eigenvalue weighted by atomic mass is 9.65. The monoisotopic (exact) mass is 404 g/mol. The molecule has 1 aromatic carbocycles. The maximum Gasteiger partial charge on any atom is 0.252 e. The van der Waals surface area contributed by atoms with Crippen molar-refractivity contribution in [1.29, 1.82) is 0 Å². The predicted octanol–water partition coefficient (Wildman–Crippen LogP) is 5.51. The number of nitrogens with one attached hydrogen (secondary N) is 1. The van der Waals surface area contributed by atoms with E-state index in [1.165, 1.54) is 19.3 Å². The first-order valence-corrected chi connectivity index (χ1v) is 10.9. The molecule has 0 spiro atoms. The Morgan fingerprint density at radius 2 is 1.97 bits per heavy atom. The Balaban J connectivity index is 1.78. The van der Waals surface area contributed by atoms with E-state index < -0.39 is 5.91 Å². The highest BCUT2D eigenvalue weighted by atomic mass is 16.1. The smallest absolute Gasteiger partial charge is 0.252 e. The summed E-state index contributed by atoms with van der Waals surface area (Å²) >= 11 is 0. The van der Waals surface area contributed by atoms with Gasteiger partial charge in [0.25, 0.3) is 5.91 Å². The van der Waals surface area contributed by atoms with Crippen LogP contribution in [0.5, 0.6) is 0 Å². The number of hydrogen-bond acceptors (Lipinski definition) is 3. The summed E-state index contributed by atoms with van der Waals surface area (Å²) in [6.45, 7) is 9.36. The van der Waals surface area contributed by atoms with Gasteiger partial charge in [-0.2, -0.15) is 5.10 Å². The largest absolute Gasteiger partial charge is 0.379 e. The molecule has 1 saturated carbocycles. The maximum absolute atomic E-state index is 12.2. The van der Waals surface area contributed by atoms with Crippen molar-refractivity contribution in [1.82, 2.24) is 9.61 Å². The topological polar surface area (TPSA) is 72.4 Å². The summed E-state index contributed by atoms with van der Waals surface area (Å²) in [5, 5.41) is 8.19. The summed E-state index contributed by atoms with van der Waals surface area (Å²) in [5.74, 6) is -0.456. The third kappa shape index (κ3) is 3.26. The lowest BCUT2D eigenvalue weighted by Crippen LogP contribution is -2.41. The number of nitrogens with zero attached hydrogens (tertiary/aromatic N) is 2. The van der Waals surface area contributed by atoms with Crippen molar-refractivity contribution in [3.8, 4) is 11.1 Å². The molecule has 0 bridgehead atoms. The van der Waals surface area contributed by atoms with E-state index in [1.54, 1.807) is 6.20 Å². The third-order valence-electron chi connectivity index (χ3n) is 7.54. The molecule has 2 atom stereocenters. The van der Waals surface area contributed by atoms with E-state index in [2.05, 4.69) is 56.3 Å². The van der Waals surface area contributed by atoms with Crippen LogP contribution in [0.15, 0.2) is 48.8 Å². The quantitative estimate of drug-likeness (QED) is 0.569. The van der Waals surface area contributed by atoms with Crippen molar-refractivity contribution in [2.24, 2.45) is 16.6 Å². The zero-order valence-electron chi connectivity index (χ0n) is 18.4. The van der Waals surface area contributed by atoms with E-state index in [0.29, 0.717) is 5.56 Å². The standard InChI is InChI=1S/C25H32N4O/c1-5-12-25(4)13-11-21(24(25,2)3)28-22-19(23(26)30)15-27-29-16-18(14-20(22)29)17-9-7-6-8-10-17/h6-10,14-16,21,28H,5,11-13H2,1-4H3,(H2,26,30)/t21-,25+/m1/s1. The molecular weight excluding hydrogens is 372 g/mol. The average molecular weight is 405 g/mol. The third-order valence-corrected chi connectivity index (χ3v) is 7.54. The Hall–Kier alpha value is -2.82. The van der Waals surface area contributed by atoms with Crippen LogP contribution >= 0.6 is 0 Å². The van der Waals surface area contributed by atoms with Gasteiger partial charge in [0, 0.05) is 17.8 Å². The first-order chi connectivity index (χ1) is 14.3. The maximum atomic E-state index is 12.2. The second kappa shape index (κ2) is 7.46. The molecule has 3 aromatic rings. The van der Waals surface area contributed by atoms with E-state index in [9.17, 15) is 4.79 Å². The second-order valence-corrected chi connectivity index (χ2v) is 9.49. The fraction of sp³-hybridized carbons (Fsp3) is 0.440. The van der Waals surface area contributed by atoms with Gasteiger partial charge in [0.2, 0.25) is 0 Å². The van der Waals surface area contributed by atoms with Crippen molar-refractivity contribution >= 4 is 17.1 Å². The van der Waals surface area contributed by atoms with Crippen LogP contribution in [-0.4, -0.2) is 21.6 Å². The number of benzene rings is 1. The normalized spacial score (nSPS) is 23.0. The van der Waals surface area contributed by atoms with E-state index in [1.807, 2.05) is 28.9 Å². The van der Waals surface area contributed by atoms with Gasteiger partial charge in [-0.3, -0.25) is 4.79 Å². The summed E-state index contributed by atoms with van der Waals surface area (Å²) in [4.78, 5) is 12.2. The molecule has 3 N–H and O–H groups in total. The number of fused-ring (bicyclic) bond motifs is 1. The molecule has 1 aliphatic carbocycles. The number of anilines is 1. The first-order valence-electron chi connectivity index (χ1n) is 10.9. The van der Waals surface area contributed by atoms with Crippen LogP contribution in [0.2, 0.25) is 0 Å². The SMILES string of the molecule is CCC[C@@]1(C)CC[C@@H](Nc2c(C(N)=O)cnn3cc(-c4ccccc4)cc23)C1(C)C. The average Bonchev–Trinajstić information content (AvgIpc) is 3.24. The van der Waals surface area contributed by atoms with Crippen LogP contribution in [0.4, 0.5) is 5.69 Å². The molecular formula is C25H32N4O. The Bertz CT molecular complexity index is 1070. The molecule has 1 aliphatic rings. The van der Waals surface area contributed by atoms with Crippen LogP contribution in [0.3, 0.4) is 0 Å². The van der Waals surface area contributed by atoms with Crippen LogP contribution in [0.1, 0.15) is 63.7 Å². The molecule has 1 fully saturated rings. The predicted molar refractivity (Wildman–Crippen MR) is 123 cm³/mol. The van der Waals surface area contributed by atoms with Crippen LogP contribution in [-0.2, 0) is 0 Å². The number of nitrogens with two attached hydrogens (primary N) is 1. The lowest BCUT2D eigenvalue weighted by molar-refractivity contribution is 0.0999. The molecule has 2 aromatic heterocycles. The summed E-state index contributed by atoms with van der Waals surface area (Å²) in [7, 11) is 0. The van der Waals surface area contributed by atoms with Crippen LogP contribution in [0.25, 0.3) is 16.6 Å². The highest BCUT2D eigenvalue weighted by Crippen LogP contribution is 2.56. The van der Waals surface area contributed by atoms with E-state index in [0.717, 1.165) is 28.8 Å². The first kappa shape index (κ1) is 20.5. The van der Waals surface area contributed by atoms with Crippen molar-refractivity contribution in [3.63, 3.8) is 0 Å². The van der Waals surface area contributed by atoms with Crippen molar-refractivity contribution in [2.45, 2.75) is 59.4 Å². The molecule has 4 rings (SSSR count). The molecule has 1 amide bonds. The van der Waals surface area contributed by atoms with E-state index in [4.69, 9.17) is 5.73 Å². The molecule has 0 aliphatic heterocycles. The minimum atomic E-state index is -0.456. The highest BCUT2D eigenvalue weighted by molar-refractivity contribution is 6.02. The number of aromatic nitrogens is 2. The fourth-order valence-electron chi connectivity index (χ4n) is 5.18. The van der Waals surface area contributed by atoms with Gasteiger partial charge < -0.3 is 11.1 Å². The van der Waals surface area contributed by atoms with Crippen molar-refractivity contribution in [2.75, 3.05) is 5.32 Å². The summed E-state index contributed by atoms with van der Waals surface area (Å²) < 4.78 is 1.84. The van der Waals surface area contributed by atoms with Crippen LogP contribution in [0, 0.1) is 10.8 Å². The number of amides is 1. The molecule has 0 saturated heterocycles. The molecule has 30 heavy (non-hydrogen) atoms. The summed E-state index contributed by atoms with van der Waals surface area (Å²) in [6, 6.07) is 12.5. The second-order valence-electron chi connectivity index (χ2n) is 9.49. The number of primary amides is 1. The van der Waals surface area contributed by atoms with Gasteiger partial charge in [0.15, 0.2) is 0 Å². The minimum absolute atomic E-state index is 0.0903. The molecule has 5 heteroatoms. The summed E-state index contributed by atoms with van der Waals surface area (Å²) in [5.41, 5.74) is 10.4. The van der Waals surface area contributed by atoms with Gasteiger partial charge >= 0.3 is 0 Å². The molecule has 5 nitrogen and oxygen atoms in total. The number of carbonyl (C=O) groups is 1. The Kier molecular flexibility index (Phi) is 5.08. The molecule has 0 radical (unpaired) electrons. The molecule has 0 unspecified atom stereocenters. The Morgan fingerprint density at radius 3 is 2.63 bits per heavy atom. The molecule has 158 valence electrons. The Labute approximate surface area is 178 Å². The van der Waals surface area contributed by atoms with Gasteiger partial charge in [0.05, 0.1) is 23.0 Å². The lowest BCUT2D eigenvalue weighted by Gasteiger charge is -2.42. The van der Waals surface area contributed by atoms with Gasteiger partial charge in [-0.05, 0) is 41.7 Å². The molecule has 2 heterocycles. The Morgan fingerprint density at radius 1 is 1.23 bits per heavy atom. The van der Waals surface area contributed by atoms with E-state index >= 15 is 0 Å². The van der Waals surface area contributed by atoms with Crippen LogP contribution < -0.4 is 11.1 Å². The van der Waals surface area contributed by atoms with Gasteiger partial charge in [-0.25, -0.2) is 4.52 Å². The van der Waals surface area contributed by atoms with E-state index in [-0.39, 0.29) is 16.9 Å². The van der Waals surface area contributed by atoms with Gasteiger partial charge in [0.1, 0.15) is 0 Å². The van der Waals surface area contributed by atoms with Crippen molar-refractivity contribution < 1.29 is 4.79 Å². The summed E-state index contributed by atoms with van der Waals surface area (Å²) in [6.07, 6.45) is 8.21. The number of carbonyl (C=O) groups excluding carboxylic acids is 1. The van der Waals surface area contributed by atoms with Gasteiger partial charge in [-0.15, -0.1) is 0 Å². The fourth-order valence-corrected chi connectivity index (χ4v) is 5.18.